The molecule has 1 amide bonds. The molecule has 1 aromatic rings. The molecule has 1 atom stereocenters. The second-order valence-corrected chi connectivity index (χ2v) is 6.31. The molecule has 2 aliphatic carbocycles. The zero-order chi connectivity index (χ0) is 15.7. The molecule has 120 valence electrons. The molecular weight excluding hydrogens is 291 g/mol. The maximum Gasteiger partial charge on any atom is 0.406 e. The molecule has 0 aliphatic heterocycles. The quantitative estimate of drug-likeness (QED) is 0.824. The molecule has 3 rings (SSSR count). The highest BCUT2D eigenvalue weighted by molar-refractivity contribution is 5.85. The summed E-state index contributed by atoms with van der Waals surface area (Å²) in [5.74, 6) is -0.748. The van der Waals surface area contributed by atoms with Crippen LogP contribution in [-0.4, -0.2) is 29.6 Å². The third kappa shape index (κ3) is 3.13. The van der Waals surface area contributed by atoms with E-state index < -0.39 is 18.6 Å². The summed E-state index contributed by atoms with van der Waals surface area (Å²) in [7, 11) is 0. The third-order valence-electron chi connectivity index (χ3n) is 4.82. The van der Waals surface area contributed by atoms with Gasteiger partial charge in [-0.1, -0.05) is 24.3 Å². The topological polar surface area (TPSA) is 20.3 Å². The fourth-order valence-electron chi connectivity index (χ4n) is 3.49. The van der Waals surface area contributed by atoms with E-state index >= 15 is 0 Å². The van der Waals surface area contributed by atoms with Crippen molar-refractivity contribution in [2.75, 3.05) is 6.54 Å². The molecule has 0 saturated heterocycles. The van der Waals surface area contributed by atoms with Crippen LogP contribution in [0.1, 0.15) is 49.1 Å². The van der Waals surface area contributed by atoms with Gasteiger partial charge in [-0.3, -0.25) is 4.79 Å². The number of rotatable bonds is 3. The number of halogens is 3. The number of carbonyl (C=O) groups excluding carboxylic acids is 1. The predicted octanol–water partition coefficient (Wildman–Crippen LogP) is 4.05. The van der Waals surface area contributed by atoms with Gasteiger partial charge >= 0.3 is 6.18 Å². The van der Waals surface area contributed by atoms with Crippen LogP contribution >= 0.6 is 0 Å². The standard InChI is InChI=1S/C17H20F3NO/c18-17(19,20)11-21(13-7-4-8-13)16(22)15-10-3-6-12-5-1-2-9-14(12)15/h1-2,5,9,13,15H,3-4,6-8,10-11H2. The molecule has 0 heterocycles. The van der Waals surface area contributed by atoms with Gasteiger partial charge in [0.1, 0.15) is 6.54 Å². The predicted molar refractivity (Wildman–Crippen MR) is 77.5 cm³/mol. The first-order valence-corrected chi connectivity index (χ1v) is 7.91. The van der Waals surface area contributed by atoms with E-state index in [0.717, 1.165) is 35.3 Å². The maximum atomic E-state index is 12.9. The van der Waals surface area contributed by atoms with Gasteiger partial charge in [0.05, 0.1) is 5.92 Å². The van der Waals surface area contributed by atoms with Crippen molar-refractivity contribution in [2.45, 2.75) is 56.7 Å². The number of nitrogens with zero attached hydrogens (tertiary/aromatic N) is 1. The lowest BCUT2D eigenvalue weighted by Crippen LogP contribution is -2.50. The van der Waals surface area contributed by atoms with Gasteiger partial charge in [0.2, 0.25) is 5.91 Å². The van der Waals surface area contributed by atoms with Crippen LogP contribution in [0, 0.1) is 0 Å². The first kappa shape index (κ1) is 15.4. The molecule has 1 saturated carbocycles. The minimum atomic E-state index is -4.33. The molecule has 22 heavy (non-hydrogen) atoms. The number of carbonyl (C=O) groups is 1. The largest absolute Gasteiger partial charge is 0.406 e. The minimum absolute atomic E-state index is 0.233. The van der Waals surface area contributed by atoms with Gasteiger partial charge in [0.25, 0.3) is 0 Å². The Kier molecular flexibility index (Phi) is 4.15. The Morgan fingerprint density at radius 2 is 1.86 bits per heavy atom. The second kappa shape index (κ2) is 5.94. The number of alkyl halides is 3. The zero-order valence-corrected chi connectivity index (χ0v) is 12.4. The lowest BCUT2D eigenvalue weighted by atomic mass is 9.81. The second-order valence-electron chi connectivity index (χ2n) is 6.31. The molecule has 1 fully saturated rings. The lowest BCUT2D eigenvalue weighted by Gasteiger charge is -2.40. The monoisotopic (exact) mass is 311 g/mol. The molecule has 1 unspecified atom stereocenters. The molecular formula is C17H20F3NO. The van der Waals surface area contributed by atoms with E-state index in [4.69, 9.17) is 0 Å². The summed E-state index contributed by atoms with van der Waals surface area (Å²) in [5, 5.41) is 0. The van der Waals surface area contributed by atoms with E-state index in [9.17, 15) is 18.0 Å². The number of benzene rings is 1. The smallest absolute Gasteiger partial charge is 0.330 e. The highest BCUT2D eigenvalue weighted by atomic mass is 19.4. The first-order valence-electron chi connectivity index (χ1n) is 7.91. The molecule has 0 N–H and O–H groups in total. The van der Waals surface area contributed by atoms with Crippen molar-refractivity contribution in [3.63, 3.8) is 0 Å². The number of amides is 1. The molecule has 0 radical (unpaired) electrons. The van der Waals surface area contributed by atoms with Crippen LogP contribution in [0.15, 0.2) is 24.3 Å². The van der Waals surface area contributed by atoms with E-state index in [-0.39, 0.29) is 11.9 Å². The number of fused-ring (bicyclic) bond motifs is 1. The van der Waals surface area contributed by atoms with Gasteiger partial charge in [-0.2, -0.15) is 13.2 Å². The Morgan fingerprint density at radius 1 is 1.14 bits per heavy atom. The Labute approximate surface area is 128 Å². The van der Waals surface area contributed by atoms with Crippen molar-refractivity contribution < 1.29 is 18.0 Å². The average molecular weight is 311 g/mol. The third-order valence-corrected chi connectivity index (χ3v) is 4.82. The molecule has 5 heteroatoms. The summed E-state index contributed by atoms with van der Waals surface area (Å²) in [4.78, 5) is 13.9. The highest BCUT2D eigenvalue weighted by Gasteiger charge is 2.41. The Hall–Kier alpha value is -1.52. The van der Waals surface area contributed by atoms with Crippen LogP contribution in [0.5, 0.6) is 0 Å². The van der Waals surface area contributed by atoms with Gasteiger partial charge in [0, 0.05) is 6.04 Å². The molecule has 1 aromatic carbocycles. The first-order chi connectivity index (χ1) is 10.5. The maximum absolute atomic E-state index is 12.9. The normalized spacial score (nSPS) is 21.9. The number of hydrogen-bond acceptors (Lipinski definition) is 1. The van der Waals surface area contributed by atoms with Gasteiger partial charge in [-0.15, -0.1) is 0 Å². The summed E-state index contributed by atoms with van der Waals surface area (Å²) in [6.07, 6.45) is 0.372. The van der Waals surface area contributed by atoms with Gasteiger partial charge < -0.3 is 4.90 Å². The molecule has 2 aliphatic rings. The fraction of sp³-hybridized carbons (Fsp3) is 0.588. The van der Waals surface area contributed by atoms with E-state index in [1.54, 1.807) is 0 Å². The van der Waals surface area contributed by atoms with Crippen molar-refractivity contribution >= 4 is 5.91 Å². The summed E-state index contributed by atoms with van der Waals surface area (Å²) >= 11 is 0. The Balaban J connectivity index is 1.84. The van der Waals surface area contributed by atoms with E-state index in [1.807, 2.05) is 24.3 Å². The average Bonchev–Trinajstić information content (AvgIpc) is 2.42. The molecule has 0 bridgehead atoms. The van der Waals surface area contributed by atoms with Crippen molar-refractivity contribution in [1.82, 2.24) is 4.90 Å². The fourth-order valence-corrected chi connectivity index (χ4v) is 3.49. The summed E-state index contributed by atoms with van der Waals surface area (Å²) in [6.45, 7) is -1.12. The van der Waals surface area contributed by atoms with Gasteiger partial charge in [-0.25, -0.2) is 0 Å². The van der Waals surface area contributed by atoms with Crippen LogP contribution in [0.3, 0.4) is 0 Å². The van der Waals surface area contributed by atoms with E-state index in [1.165, 1.54) is 0 Å². The van der Waals surface area contributed by atoms with Crippen LogP contribution in [0.2, 0.25) is 0 Å². The number of hydrogen-bond donors (Lipinski definition) is 0. The summed E-state index contributed by atoms with van der Waals surface area (Å²) < 4.78 is 38.6. The van der Waals surface area contributed by atoms with Crippen molar-refractivity contribution in [3.05, 3.63) is 35.4 Å². The van der Waals surface area contributed by atoms with Crippen LogP contribution < -0.4 is 0 Å². The number of aryl methyl sites for hydroxylation is 1. The van der Waals surface area contributed by atoms with Crippen LogP contribution in [-0.2, 0) is 11.2 Å². The Morgan fingerprint density at radius 3 is 2.50 bits per heavy atom. The van der Waals surface area contributed by atoms with Crippen molar-refractivity contribution in [2.24, 2.45) is 0 Å². The van der Waals surface area contributed by atoms with Gasteiger partial charge in [0.15, 0.2) is 0 Å². The van der Waals surface area contributed by atoms with Crippen molar-refractivity contribution in [3.8, 4) is 0 Å². The Bertz CT molecular complexity index is 551. The van der Waals surface area contributed by atoms with E-state index in [2.05, 4.69) is 0 Å². The minimum Gasteiger partial charge on any atom is -0.330 e. The zero-order valence-electron chi connectivity index (χ0n) is 12.4. The van der Waals surface area contributed by atoms with Crippen molar-refractivity contribution in [1.29, 1.82) is 0 Å². The lowest BCUT2D eigenvalue weighted by molar-refractivity contribution is -0.170. The van der Waals surface area contributed by atoms with E-state index in [0.29, 0.717) is 19.3 Å². The van der Waals surface area contributed by atoms with Crippen LogP contribution in [0.25, 0.3) is 0 Å². The molecule has 0 spiro atoms. The van der Waals surface area contributed by atoms with Crippen LogP contribution in [0.4, 0.5) is 13.2 Å². The van der Waals surface area contributed by atoms with Gasteiger partial charge in [-0.05, 0) is 49.7 Å². The SMILES string of the molecule is O=C(C1CCCc2ccccc21)N(CC(F)(F)F)C1CCC1. The molecule has 2 nitrogen and oxygen atoms in total. The highest BCUT2D eigenvalue weighted by Crippen LogP contribution is 2.36. The molecule has 0 aromatic heterocycles. The summed E-state index contributed by atoms with van der Waals surface area (Å²) in [5.41, 5.74) is 2.03. The summed E-state index contributed by atoms with van der Waals surface area (Å²) in [6, 6.07) is 7.42.